The van der Waals surface area contributed by atoms with Crippen LogP contribution in [0.3, 0.4) is 0 Å². The van der Waals surface area contributed by atoms with Gasteiger partial charge in [-0.15, -0.1) is 0 Å². The number of nitrogens with one attached hydrogen (secondary N) is 1. The first-order valence-electron chi connectivity index (χ1n) is 9.68. The second kappa shape index (κ2) is 8.88. The van der Waals surface area contributed by atoms with Crippen LogP contribution < -0.4 is 15.0 Å². The molecule has 1 fully saturated rings. The Kier molecular flexibility index (Phi) is 6.31. The van der Waals surface area contributed by atoms with Gasteiger partial charge in [-0.25, -0.2) is 4.98 Å². The van der Waals surface area contributed by atoms with Gasteiger partial charge >= 0.3 is 0 Å². The van der Waals surface area contributed by atoms with Gasteiger partial charge in [0.15, 0.2) is 0 Å². The molecule has 1 unspecified atom stereocenters. The Hall–Kier alpha value is -2.30. The number of aryl methyl sites for hydroxylation is 1. The van der Waals surface area contributed by atoms with Crippen molar-refractivity contribution in [3.63, 3.8) is 0 Å². The molecule has 1 aromatic heterocycles. The van der Waals surface area contributed by atoms with Crippen LogP contribution in [0.2, 0.25) is 0 Å². The van der Waals surface area contributed by atoms with Crippen molar-refractivity contribution in [1.29, 1.82) is 0 Å². The highest BCUT2D eigenvalue weighted by Crippen LogP contribution is 2.26. The van der Waals surface area contributed by atoms with Crippen LogP contribution in [0, 0.1) is 6.92 Å². The van der Waals surface area contributed by atoms with E-state index in [9.17, 15) is 0 Å². The molecule has 5 heteroatoms. The molecule has 1 aromatic carbocycles. The predicted octanol–water partition coefficient (Wildman–Crippen LogP) is 4.22. The number of hydrogen-bond donors (Lipinski definition) is 1. The number of aromatic nitrogens is 2. The number of nitrogens with zero attached hydrogens (tertiary/aromatic N) is 3. The molecule has 2 heterocycles. The largest absolute Gasteiger partial charge is 0.497 e. The van der Waals surface area contributed by atoms with E-state index in [-0.39, 0.29) is 0 Å². The molecule has 1 saturated heterocycles. The zero-order chi connectivity index (χ0) is 18.4. The summed E-state index contributed by atoms with van der Waals surface area (Å²) in [5.74, 6) is 2.68. The lowest BCUT2D eigenvalue weighted by Gasteiger charge is -2.36. The van der Waals surface area contributed by atoms with Gasteiger partial charge in [0.25, 0.3) is 0 Å². The Morgan fingerprint density at radius 3 is 2.92 bits per heavy atom. The lowest BCUT2D eigenvalue weighted by molar-refractivity contribution is 0.414. The van der Waals surface area contributed by atoms with Crippen LogP contribution in [0.1, 0.15) is 43.9 Å². The van der Waals surface area contributed by atoms with E-state index in [2.05, 4.69) is 40.3 Å². The summed E-state index contributed by atoms with van der Waals surface area (Å²) in [4.78, 5) is 11.8. The van der Waals surface area contributed by atoms with Gasteiger partial charge in [0.1, 0.15) is 11.6 Å². The summed E-state index contributed by atoms with van der Waals surface area (Å²) in [5, 5.41) is 3.39. The van der Waals surface area contributed by atoms with Crippen molar-refractivity contribution in [1.82, 2.24) is 9.97 Å². The molecule has 26 heavy (non-hydrogen) atoms. The van der Waals surface area contributed by atoms with Crippen LogP contribution in [-0.4, -0.2) is 36.2 Å². The smallest absolute Gasteiger partial charge is 0.224 e. The maximum absolute atomic E-state index is 5.29. The fourth-order valence-corrected chi connectivity index (χ4v) is 3.65. The van der Waals surface area contributed by atoms with E-state index in [1.54, 1.807) is 7.11 Å². The molecule has 1 aliphatic rings. The van der Waals surface area contributed by atoms with Crippen LogP contribution in [0.5, 0.6) is 5.75 Å². The summed E-state index contributed by atoms with van der Waals surface area (Å²) >= 11 is 0. The second-order valence-electron chi connectivity index (χ2n) is 6.97. The molecule has 0 spiro atoms. The van der Waals surface area contributed by atoms with Gasteiger partial charge in [-0.2, -0.15) is 4.98 Å². The third-order valence-electron chi connectivity index (χ3n) is 5.06. The highest BCUT2D eigenvalue weighted by atomic mass is 16.5. The SMILES string of the molecule is CCC1CCCCN1c1cc(C)nc(NCCc2cccc(OC)c2)n1. The van der Waals surface area contributed by atoms with E-state index in [0.29, 0.717) is 6.04 Å². The normalized spacial score (nSPS) is 17.2. The molecule has 1 atom stereocenters. The molecule has 5 nitrogen and oxygen atoms in total. The number of hydrogen-bond acceptors (Lipinski definition) is 5. The van der Waals surface area contributed by atoms with E-state index in [4.69, 9.17) is 9.72 Å². The topological polar surface area (TPSA) is 50.3 Å². The molecule has 0 saturated carbocycles. The number of piperidine rings is 1. The quantitative estimate of drug-likeness (QED) is 0.807. The average molecular weight is 354 g/mol. The van der Waals surface area contributed by atoms with Crippen LogP contribution in [0.4, 0.5) is 11.8 Å². The van der Waals surface area contributed by atoms with Gasteiger partial charge in [-0.3, -0.25) is 0 Å². The molecule has 3 rings (SSSR count). The lowest BCUT2D eigenvalue weighted by atomic mass is 10.00. The summed E-state index contributed by atoms with van der Waals surface area (Å²) < 4.78 is 5.29. The fraction of sp³-hybridized carbons (Fsp3) is 0.524. The minimum atomic E-state index is 0.600. The predicted molar refractivity (Wildman–Crippen MR) is 107 cm³/mol. The molecule has 0 radical (unpaired) electrons. The van der Waals surface area contributed by atoms with Gasteiger partial charge < -0.3 is 15.0 Å². The zero-order valence-corrected chi connectivity index (χ0v) is 16.2. The summed E-state index contributed by atoms with van der Waals surface area (Å²) in [6.07, 6.45) is 5.91. The molecule has 2 aromatic rings. The van der Waals surface area contributed by atoms with Crippen molar-refractivity contribution >= 4 is 11.8 Å². The van der Waals surface area contributed by atoms with Gasteiger partial charge in [0.2, 0.25) is 5.95 Å². The standard InChI is InChI=1S/C21H30N4O/c1-4-18-9-5-6-13-25(18)20-14-16(2)23-21(24-20)22-12-11-17-8-7-10-19(15-17)26-3/h7-8,10,14-15,18H,4-6,9,11-13H2,1-3H3,(H,22,23,24). The Morgan fingerprint density at radius 2 is 2.12 bits per heavy atom. The monoisotopic (exact) mass is 354 g/mol. The van der Waals surface area contributed by atoms with Crippen molar-refractivity contribution in [2.45, 2.75) is 52.0 Å². The first kappa shape index (κ1) is 18.5. The van der Waals surface area contributed by atoms with Crippen LogP contribution in [0.15, 0.2) is 30.3 Å². The van der Waals surface area contributed by atoms with Gasteiger partial charge in [0.05, 0.1) is 7.11 Å². The molecule has 1 N–H and O–H groups in total. The van der Waals surface area contributed by atoms with Gasteiger partial charge in [-0.05, 0) is 56.7 Å². The van der Waals surface area contributed by atoms with Crippen LogP contribution in [-0.2, 0) is 6.42 Å². The van der Waals surface area contributed by atoms with Crippen molar-refractivity contribution in [2.24, 2.45) is 0 Å². The molecule has 0 bridgehead atoms. The van der Waals surface area contributed by atoms with Crippen molar-refractivity contribution in [3.8, 4) is 5.75 Å². The molecule has 0 aliphatic carbocycles. The second-order valence-corrected chi connectivity index (χ2v) is 6.97. The Labute approximate surface area is 156 Å². The maximum Gasteiger partial charge on any atom is 0.224 e. The van der Waals surface area contributed by atoms with Crippen molar-refractivity contribution in [2.75, 3.05) is 30.4 Å². The lowest BCUT2D eigenvalue weighted by Crippen LogP contribution is -2.39. The highest BCUT2D eigenvalue weighted by Gasteiger charge is 2.22. The van der Waals surface area contributed by atoms with E-state index in [1.807, 2.05) is 19.1 Å². The Balaban J connectivity index is 1.65. The maximum atomic E-state index is 5.29. The number of methoxy groups -OCH3 is 1. The average Bonchev–Trinajstić information content (AvgIpc) is 2.67. The number of rotatable bonds is 7. The van der Waals surface area contributed by atoms with E-state index in [1.165, 1.54) is 31.2 Å². The summed E-state index contributed by atoms with van der Waals surface area (Å²) in [6, 6.07) is 10.9. The molecule has 140 valence electrons. The Morgan fingerprint density at radius 1 is 1.23 bits per heavy atom. The van der Waals surface area contributed by atoms with Crippen LogP contribution >= 0.6 is 0 Å². The van der Waals surface area contributed by atoms with E-state index >= 15 is 0 Å². The van der Waals surface area contributed by atoms with Crippen molar-refractivity contribution < 1.29 is 4.74 Å². The van der Waals surface area contributed by atoms with Crippen molar-refractivity contribution in [3.05, 3.63) is 41.6 Å². The molecular weight excluding hydrogens is 324 g/mol. The fourth-order valence-electron chi connectivity index (χ4n) is 3.65. The summed E-state index contributed by atoms with van der Waals surface area (Å²) in [7, 11) is 1.70. The number of benzene rings is 1. The number of anilines is 2. The van der Waals surface area contributed by atoms with E-state index in [0.717, 1.165) is 42.7 Å². The third kappa shape index (κ3) is 4.65. The third-order valence-corrected chi connectivity index (χ3v) is 5.06. The molecule has 0 amide bonds. The highest BCUT2D eigenvalue weighted by molar-refractivity contribution is 5.46. The minimum absolute atomic E-state index is 0.600. The number of ether oxygens (including phenoxy) is 1. The first-order valence-corrected chi connectivity index (χ1v) is 9.68. The Bertz CT molecular complexity index is 719. The zero-order valence-electron chi connectivity index (χ0n) is 16.2. The molecular formula is C21H30N4O. The summed E-state index contributed by atoms with van der Waals surface area (Å²) in [6.45, 7) is 6.21. The minimum Gasteiger partial charge on any atom is -0.497 e. The molecule has 1 aliphatic heterocycles. The summed E-state index contributed by atoms with van der Waals surface area (Å²) in [5.41, 5.74) is 2.26. The van der Waals surface area contributed by atoms with Gasteiger partial charge in [-0.1, -0.05) is 19.1 Å². The van der Waals surface area contributed by atoms with Gasteiger partial charge in [0, 0.05) is 30.9 Å². The first-order chi connectivity index (χ1) is 12.7. The van der Waals surface area contributed by atoms with Crippen LogP contribution in [0.25, 0.3) is 0 Å². The van der Waals surface area contributed by atoms with E-state index < -0.39 is 0 Å².